The van der Waals surface area contributed by atoms with E-state index in [-0.39, 0.29) is 16.6 Å². The normalized spacial score (nSPS) is 15.7. The lowest BCUT2D eigenvalue weighted by atomic mass is 9.99. The average molecular weight is 313 g/mol. The van der Waals surface area contributed by atoms with E-state index in [0.717, 1.165) is 26.1 Å². The smallest absolute Gasteiger partial charge is 0.287 e. The van der Waals surface area contributed by atoms with E-state index in [9.17, 15) is 14.9 Å². The Bertz CT molecular complexity index is 544. The number of nitro benzene ring substituents is 1. The van der Waals surface area contributed by atoms with E-state index in [0.29, 0.717) is 18.0 Å². The molecule has 0 aliphatic carbocycles. The van der Waals surface area contributed by atoms with E-state index in [2.05, 4.69) is 0 Å². The molecule has 0 spiro atoms. The van der Waals surface area contributed by atoms with Crippen LogP contribution in [-0.4, -0.2) is 42.5 Å². The van der Waals surface area contributed by atoms with Crippen molar-refractivity contribution in [2.45, 2.75) is 12.8 Å². The summed E-state index contributed by atoms with van der Waals surface area (Å²) < 4.78 is 5.29. The molecular formula is C14H17ClN2O4. The summed E-state index contributed by atoms with van der Waals surface area (Å²) in [4.78, 5) is 24.1. The maximum absolute atomic E-state index is 12.3. The van der Waals surface area contributed by atoms with Gasteiger partial charge in [-0.3, -0.25) is 14.9 Å². The number of hydrogen-bond acceptors (Lipinski definition) is 4. The molecule has 1 aliphatic rings. The van der Waals surface area contributed by atoms with Crippen LogP contribution in [0.25, 0.3) is 0 Å². The summed E-state index contributed by atoms with van der Waals surface area (Å²) in [5.41, 5.74) is 0.167. The van der Waals surface area contributed by atoms with Gasteiger partial charge in [0.25, 0.3) is 11.6 Å². The molecule has 1 aromatic carbocycles. The third-order valence-corrected chi connectivity index (χ3v) is 3.91. The summed E-state index contributed by atoms with van der Waals surface area (Å²) in [6.07, 6.45) is 1.89. The fourth-order valence-corrected chi connectivity index (χ4v) is 2.66. The fraction of sp³-hybridized carbons (Fsp3) is 0.500. The van der Waals surface area contributed by atoms with Gasteiger partial charge in [-0.05, 0) is 30.9 Å². The van der Waals surface area contributed by atoms with E-state index in [4.69, 9.17) is 16.3 Å². The molecule has 1 aromatic rings. The van der Waals surface area contributed by atoms with Crippen LogP contribution >= 0.6 is 11.6 Å². The molecule has 1 saturated heterocycles. The van der Waals surface area contributed by atoms with Crippen LogP contribution in [0.15, 0.2) is 18.2 Å². The number of carbonyl (C=O) groups excluding carboxylic acids is 1. The lowest BCUT2D eigenvalue weighted by molar-refractivity contribution is -0.384. The minimum Gasteiger partial charge on any atom is -0.381 e. The van der Waals surface area contributed by atoms with Crippen molar-refractivity contribution in [1.29, 1.82) is 0 Å². The van der Waals surface area contributed by atoms with Gasteiger partial charge in [0.05, 0.1) is 4.92 Å². The van der Waals surface area contributed by atoms with Crippen LogP contribution in [0.3, 0.4) is 0 Å². The Kier molecular flexibility index (Phi) is 5.14. The number of amides is 1. The average Bonchev–Trinajstić information content (AvgIpc) is 2.47. The molecule has 21 heavy (non-hydrogen) atoms. The van der Waals surface area contributed by atoms with E-state index in [1.807, 2.05) is 0 Å². The topological polar surface area (TPSA) is 72.7 Å². The van der Waals surface area contributed by atoms with E-state index >= 15 is 0 Å². The molecule has 0 N–H and O–H groups in total. The minimum atomic E-state index is -0.567. The fourth-order valence-electron chi connectivity index (χ4n) is 2.41. The van der Waals surface area contributed by atoms with Crippen molar-refractivity contribution < 1.29 is 14.5 Å². The van der Waals surface area contributed by atoms with Crippen LogP contribution in [0.2, 0.25) is 5.02 Å². The van der Waals surface area contributed by atoms with Crippen molar-refractivity contribution in [2.24, 2.45) is 5.92 Å². The third-order valence-electron chi connectivity index (χ3n) is 3.61. The Labute approximate surface area is 127 Å². The molecule has 0 atom stereocenters. The number of halogens is 1. The second kappa shape index (κ2) is 6.87. The number of nitrogens with zero attached hydrogens (tertiary/aromatic N) is 2. The maximum Gasteiger partial charge on any atom is 0.287 e. The van der Waals surface area contributed by atoms with E-state index in [1.165, 1.54) is 18.2 Å². The van der Waals surface area contributed by atoms with Gasteiger partial charge in [0.2, 0.25) is 0 Å². The molecule has 1 aliphatic heterocycles. The van der Waals surface area contributed by atoms with Gasteiger partial charge in [-0.15, -0.1) is 0 Å². The molecule has 0 radical (unpaired) electrons. The van der Waals surface area contributed by atoms with Crippen LogP contribution in [0.4, 0.5) is 5.69 Å². The zero-order chi connectivity index (χ0) is 15.4. The van der Waals surface area contributed by atoms with E-state index < -0.39 is 4.92 Å². The van der Waals surface area contributed by atoms with Crippen molar-refractivity contribution in [3.63, 3.8) is 0 Å². The molecule has 0 unspecified atom stereocenters. The molecular weight excluding hydrogens is 296 g/mol. The molecule has 0 saturated carbocycles. The quantitative estimate of drug-likeness (QED) is 0.633. The van der Waals surface area contributed by atoms with Crippen molar-refractivity contribution >= 4 is 23.2 Å². The van der Waals surface area contributed by atoms with Crippen molar-refractivity contribution in [2.75, 3.05) is 26.8 Å². The second-order valence-corrected chi connectivity index (χ2v) is 5.57. The molecule has 0 bridgehead atoms. The number of hydrogen-bond donors (Lipinski definition) is 0. The largest absolute Gasteiger partial charge is 0.381 e. The van der Waals surface area contributed by atoms with Gasteiger partial charge in [0.1, 0.15) is 5.02 Å². The highest BCUT2D eigenvalue weighted by atomic mass is 35.5. The van der Waals surface area contributed by atoms with Gasteiger partial charge in [0.15, 0.2) is 0 Å². The Morgan fingerprint density at radius 1 is 1.48 bits per heavy atom. The number of benzene rings is 1. The van der Waals surface area contributed by atoms with Gasteiger partial charge in [0, 0.05) is 38.4 Å². The van der Waals surface area contributed by atoms with Gasteiger partial charge in [-0.1, -0.05) is 11.6 Å². The maximum atomic E-state index is 12.3. The standard InChI is InChI=1S/C14H17ClN2O4/c1-16(9-10-4-6-21-7-5-10)14(18)11-2-3-13(17(19)20)12(15)8-11/h2-3,8,10H,4-7,9H2,1H3. The van der Waals surface area contributed by atoms with Gasteiger partial charge < -0.3 is 9.64 Å². The highest BCUT2D eigenvalue weighted by Crippen LogP contribution is 2.25. The molecule has 114 valence electrons. The number of ether oxygens (including phenoxy) is 1. The molecule has 1 amide bonds. The molecule has 6 nitrogen and oxygen atoms in total. The zero-order valence-corrected chi connectivity index (χ0v) is 12.5. The van der Waals surface area contributed by atoms with Crippen molar-refractivity contribution in [3.8, 4) is 0 Å². The first-order chi connectivity index (χ1) is 9.99. The number of carbonyl (C=O) groups is 1. The van der Waals surface area contributed by atoms with Crippen LogP contribution < -0.4 is 0 Å². The lowest BCUT2D eigenvalue weighted by Gasteiger charge is -2.27. The lowest BCUT2D eigenvalue weighted by Crippen LogP contribution is -2.34. The third kappa shape index (κ3) is 3.92. The molecule has 1 heterocycles. The Hall–Kier alpha value is -1.66. The van der Waals surface area contributed by atoms with Crippen LogP contribution in [0.1, 0.15) is 23.2 Å². The van der Waals surface area contributed by atoms with E-state index in [1.54, 1.807) is 11.9 Å². The Morgan fingerprint density at radius 2 is 2.14 bits per heavy atom. The first-order valence-corrected chi connectivity index (χ1v) is 7.14. The van der Waals surface area contributed by atoms with Gasteiger partial charge in [-0.2, -0.15) is 0 Å². The second-order valence-electron chi connectivity index (χ2n) is 5.16. The van der Waals surface area contributed by atoms with Crippen molar-refractivity contribution in [1.82, 2.24) is 4.90 Å². The summed E-state index contributed by atoms with van der Waals surface area (Å²) in [7, 11) is 1.73. The summed E-state index contributed by atoms with van der Waals surface area (Å²) in [6.45, 7) is 2.11. The van der Waals surface area contributed by atoms with Crippen molar-refractivity contribution in [3.05, 3.63) is 38.9 Å². The summed E-state index contributed by atoms with van der Waals surface area (Å²) in [5, 5.41) is 10.7. The predicted octanol–water partition coefficient (Wildman–Crippen LogP) is 2.75. The Morgan fingerprint density at radius 3 is 2.71 bits per heavy atom. The Balaban J connectivity index is 2.04. The van der Waals surface area contributed by atoms with Gasteiger partial charge >= 0.3 is 0 Å². The first kappa shape index (κ1) is 15.7. The van der Waals surface area contributed by atoms with Crippen LogP contribution in [0.5, 0.6) is 0 Å². The SMILES string of the molecule is CN(CC1CCOCC1)C(=O)c1ccc([N+](=O)[O-])c(Cl)c1. The molecule has 1 fully saturated rings. The predicted molar refractivity (Wildman–Crippen MR) is 78.6 cm³/mol. The zero-order valence-electron chi connectivity index (χ0n) is 11.8. The summed E-state index contributed by atoms with van der Waals surface area (Å²) >= 11 is 5.84. The van der Waals surface area contributed by atoms with Crippen LogP contribution in [0, 0.1) is 16.0 Å². The molecule has 2 rings (SSSR count). The number of rotatable bonds is 4. The minimum absolute atomic E-state index is 0.0229. The summed E-state index contributed by atoms with van der Waals surface area (Å²) in [6, 6.07) is 4.05. The highest BCUT2D eigenvalue weighted by molar-refractivity contribution is 6.33. The summed E-state index contributed by atoms with van der Waals surface area (Å²) in [5.74, 6) is 0.250. The number of nitro groups is 1. The van der Waals surface area contributed by atoms with Gasteiger partial charge in [-0.25, -0.2) is 0 Å². The van der Waals surface area contributed by atoms with Crippen LogP contribution in [-0.2, 0) is 4.74 Å². The monoisotopic (exact) mass is 312 g/mol. The molecule has 7 heteroatoms. The molecule has 0 aromatic heterocycles. The highest BCUT2D eigenvalue weighted by Gasteiger charge is 2.21. The first-order valence-electron chi connectivity index (χ1n) is 6.76.